The van der Waals surface area contributed by atoms with Crippen molar-refractivity contribution in [3.8, 4) is 0 Å². The predicted octanol–water partition coefficient (Wildman–Crippen LogP) is 5.02. The highest BCUT2D eigenvalue weighted by atomic mass is 35.5. The van der Waals surface area contributed by atoms with Gasteiger partial charge in [-0.05, 0) is 24.3 Å². The summed E-state index contributed by atoms with van der Waals surface area (Å²) in [6.07, 6.45) is 0. The van der Waals surface area contributed by atoms with E-state index in [1.54, 1.807) is 36.4 Å². The highest BCUT2D eigenvalue weighted by Gasteiger charge is 2.30. The molecule has 5 nitrogen and oxygen atoms in total. The van der Waals surface area contributed by atoms with E-state index in [0.29, 0.717) is 32.9 Å². The Labute approximate surface area is 137 Å². The van der Waals surface area contributed by atoms with E-state index in [-0.39, 0.29) is 4.90 Å². The summed E-state index contributed by atoms with van der Waals surface area (Å²) >= 11 is 6.28. The molecule has 0 saturated heterocycles. The number of sulfonamides is 1. The minimum absolute atomic E-state index is 0.212. The van der Waals surface area contributed by atoms with Gasteiger partial charge in [-0.15, -0.1) is 5.11 Å². The molecule has 0 radical (unpaired) electrons. The van der Waals surface area contributed by atoms with Crippen LogP contribution < -0.4 is 4.72 Å². The molecule has 0 aliphatic carbocycles. The highest BCUT2D eigenvalue weighted by Crippen LogP contribution is 2.46. The van der Waals surface area contributed by atoms with Gasteiger partial charge in [0.05, 0.1) is 21.3 Å². The first kappa shape index (κ1) is 14.2. The van der Waals surface area contributed by atoms with E-state index < -0.39 is 10.0 Å². The van der Waals surface area contributed by atoms with Gasteiger partial charge in [0.2, 0.25) is 0 Å². The molecule has 0 saturated carbocycles. The van der Waals surface area contributed by atoms with Crippen LogP contribution in [0.15, 0.2) is 69.7 Å². The SMILES string of the molecule is O=S1(=O)Nc2c(N=Nc3ccccc3)cc(Cl)c3cccc1c23. The van der Waals surface area contributed by atoms with Crippen LogP contribution in [0, 0.1) is 0 Å². The Balaban J connectivity index is 1.95. The summed E-state index contributed by atoms with van der Waals surface area (Å²) in [5.41, 5.74) is 1.48. The quantitative estimate of drug-likeness (QED) is 0.663. The summed E-state index contributed by atoms with van der Waals surface area (Å²) < 4.78 is 27.0. The van der Waals surface area contributed by atoms with Gasteiger partial charge in [-0.1, -0.05) is 41.9 Å². The number of azo groups is 1. The van der Waals surface area contributed by atoms with Crippen LogP contribution in [0.2, 0.25) is 5.02 Å². The van der Waals surface area contributed by atoms with Gasteiger partial charge in [0.15, 0.2) is 0 Å². The van der Waals surface area contributed by atoms with Gasteiger partial charge in [-0.25, -0.2) is 8.42 Å². The molecule has 0 atom stereocenters. The summed E-state index contributed by atoms with van der Waals surface area (Å²) in [6.45, 7) is 0. The van der Waals surface area contributed by atoms with Crippen LogP contribution >= 0.6 is 11.6 Å². The van der Waals surface area contributed by atoms with Crippen LogP contribution in [-0.4, -0.2) is 8.42 Å². The van der Waals surface area contributed by atoms with Crippen molar-refractivity contribution in [3.63, 3.8) is 0 Å². The number of benzene rings is 3. The average Bonchev–Trinajstić information content (AvgIpc) is 2.83. The highest BCUT2D eigenvalue weighted by molar-refractivity contribution is 7.93. The standard InChI is InChI=1S/C16H10ClN3O2S/c17-12-9-13(19-18-10-5-2-1-3-6-10)16-15-11(12)7-4-8-14(15)23(21,22)20-16/h1-9,20H. The van der Waals surface area contributed by atoms with E-state index >= 15 is 0 Å². The predicted molar refractivity (Wildman–Crippen MR) is 90.4 cm³/mol. The lowest BCUT2D eigenvalue weighted by Gasteiger charge is -2.05. The van der Waals surface area contributed by atoms with Crippen LogP contribution in [0.1, 0.15) is 0 Å². The molecule has 23 heavy (non-hydrogen) atoms. The molecule has 114 valence electrons. The fourth-order valence-electron chi connectivity index (χ4n) is 2.59. The molecule has 0 amide bonds. The Morgan fingerprint density at radius 3 is 2.52 bits per heavy atom. The summed E-state index contributed by atoms with van der Waals surface area (Å²) in [6, 6.07) is 15.8. The molecule has 0 spiro atoms. The zero-order valence-corrected chi connectivity index (χ0v) is 13.3. The number of halogens is 1. The molecule has 3 aromatic carbocycles. The van der Waals surface area contributed by atoms with Crippen LogP contribution in [0.5, 0.6) is 0 Å². The number of hydrogen-bond donors (Lipinski definition) is 1. The molecule has 1 heterocycles. The average molecular weight is 344 g/mol. The fraction of sp³-hybridized carbons (Fsp3) is 0. The molecule has 7 heteroatoms. The van der Waals surface area contributed by atoms with Crippen molar-refractivity contribution in [1.82, 2.24) is 0 Å². The Morgan fingerprint density at radius 2 is 1.74 bits per heavy atom. The largest absolute Gasteiger partial charge is 0.277 e. The zero-order chi connectivity index (χ0) is 16.0. The topological polar surface area (TPSA) is 70.9 Å². The number of nitrogens with one attached hydrogen (secondary N) is 1. The third-order valence-corrected chi connectivity index (χ3v) is 5.31. The number of rotatable bonds is 2. The molecule has 4 rings (SSSR count). The van der Waals surface area contributed by atoms with Crippen LogP contribution in [0.25, 0.3) is 10.8 Å². The molecule has 0 aromatic heterocycles. The van der Waals surface area contributed by atoms with Gasteiger partial charge in [0.1, 0.15) is 5.69 Å². The number of hydrogen-bond acceptors (Lipinski definition) is 4. The molecule has 0 unspecified atom stereocenters. The summed E-state index contributed by atoms with van der Waals surface area (Å²) in [5, 5.41) is 9.97. The lowest BCUT2D eigenvalue weighted by molar-refractivity contribution is 0.603. The number of anilines is 1. The molecule has 1 N–H and O–H groups in total. The minimum Gasteiger partial charge on any atom is -0.277 e. The molecule has 1 aliphatic heterocycles. The summed E-state index contributed by atoms with van der Waals surface area (Å²) in [5.74, 6) is 0. The van der Waals surface area contributed by atoms with E-state index in [4.69, 9.17) is 11.6 Å². The van der Waals surface area contributed by atoms with Crippen molar-refractivity contribution in [3.05, 3.63) is 59.6 Å². The second-order valence-electron chi connectivity index (χ2n) is 5.07. The van der Waals surface area contributed by atoms with Crippen LogP contribution in [0.3, 0.4) is 0 Å². The Bertz CT molecular complexity index is 1060. The molecule has 3 aromatic rings. The lowest BCUT2D eigenvalue weighted by Crippen LogP contribution is -2.06. The van der Waals surface area contributed by atoms with Gasteiger partial charge in [-0.3, -0.25) is 4.72 Å². The van der Waals surface area contributed by atoms with E-state index in [2.05, 4.69) is 15.0 Å². The smallest absolute Gasteiger partial charge is 0.262 e. The third kappa shape index (κ3) is 2.27. The first-order valence-corrected chi connectivity index (χ1v) is 8.67. The summed E-state index contributed by atoms with van der Waals surface area (Å²) in [7, 11) is -3.59. The first-order chi connectivity index (χ1) is 11.1. The molecular formula is C16H10ClN3O2S. The van der Waals surface area contributed by atoms with E-state index in [1.807, 2.05) is 18.2 Å². The van der Waals surface area contributed by atoms with Crippen molar-refractivity contribution in [2.75, 3.05) is 4.72 Å². The maximum absolute atomic E-state index is 12.2. The van der Waals surface area contributed by atoms with Crippen molar-refractivity contribution in [1.29, 1.82) is 0 Å². The monoisotopic (exact) mass is 343 g/mol. The van der Waals surface area contributed by atoms with Crippen LogP contribution in [0.4, 0.5) is 17.1 Å². The van der Waals surface area contributed by atoms with E-state index in [0.717, 1.165) is 0 Å². The first-order valence-electron chi connectivity index (χ1n) is 6.81. The Morgan fingerprint density at radius 1 is 0.957 bits per heavy atom. The molecule has 0 bridgehead atoms. The van der Waals surface area contributed by atoms with Gasteiger partial charge in [-0.2, -0.15) is 5.11 Å². The van der Waals surface area contributed by atoms with Crippen LogP contribution in [-0.2, 0) is 10.0 Å². The molecular weight excluding hydrogens is 334 g/mol. The van der Waals surface area contributed by atoms with Crippen molar-refractivity contribution < 1.29 is 8.42 Å². The number of nitrogens with zero attached hydrogens (tertiary/aromatic N) is 2. The molecule has 1 aliphatic rings. The second-order valence-corrected chi connectivity index (χ2v) is 7.13. The molecule has 0 fully saturated rings. The Kier molecular flexibility index (Phi) is 3.11. The van der Waals surface area contributed by atoms with Crippen molar-refractivity contribution in [2.24, 2.45) is 10.2 Å². The normalized spacial score (nSPS) is 15.2. The van der Waals surface area contributed by atoms with E-state index in [1.165, 1.54) is 0 Å². The third-order valence-electron chi connectivity index (χ3n) is 3.61. The van der Waals surface area contributed by atoms with Gasteiger partial charge in [0, 0.05) is 10.8 Å². The maximum Gasteiger partial charge on any atom is 0.262 e. The minimum atomic E-state index is -3.59. The fourth-order valence-corrected chi connectivity index (χ4v) is 4.17. The van der Waals surface area contributed by atoms with Gasteiger partial charge >= 0.3 is 0 Å². The zero-order valence-electron chi connectivity index (χ0n) is 11.7. The second kappa shape index (κ2) is 5.04. The van der Waals surface area contributed by atoms with Crippen molar-refractivity contribution in [2.45, 2.75) is 4.90 Å². The van der Waals surface area contributed by atoms with Gasteiger partial charge < -0.3 is 0 Å². The lowest BCUT2D eigenvalue weighted by atomic mass is 10.1. The maximum atomic E-state index is 12.2. The van der Waals surface area contributed by atoms with E-state index in [9.17, 15) is 8.42 Å². The summed E-state index contributed by atoms with van der Waals surface area (Å²) in [4.78, 5) is 0.212. The Hall–Kier alpha value is -2.44. The van der Waals surface area contributed by atoms with Gasteiger partial charge in [0.25, 0.3) is 10.0 Å². The van der Waals surface area contributed by atoms with Crippen molar-refractivity contribution >= 4 is 49.5 Å².